The zero-order chi connectivity index (χ0) is 11.2. The average Bonchev–Trinajstić information content (AvgIpc) is 2.20. The van der Waals surface area contributed by atoms with Gasteiger partial charge in [0.15, 0.2) is 5.43 Å². The molecule has 15 heavy (non-hydrogen) atoms. The standard InChI is InChI=1S/C13H15NO/c1-7-5-6-8(2)12-11(7)13(15)9(3)10(4)14-12/h5-6H,1-4H3,(H,14,15). The van der Waals surface area contributed by atoms with Crippen molar-refractivity contribution in [3.05, 3.63) is 44.7 Å². The van der Waals surface area contributed by atoms with Gasteiger partial charge < -0.3 is 4.98 Å². The van der Waals surface area contributed by atoms with E-state index < -0.39 is 0 Å². The van der Waals surface area contributed by atoms with Gasteiger partial charge in [0.25, 0.3) is 0 Å². The van der Waals surface area contributed by atoms with Gasteiger partial charge in [-0.3, -0.25) is 4.79 Å². The molecule has 2 heteroatoms. The summed E-state index contributed by atoms with van der Waals surface area (Å²) in [5.41, 5.74) is 5.07. The van der Waals surface area contributed by atoms with Crippen molar-refractivity contribution in [2.45, 2.75) is 27.7 Å². The third kappa shape index (κ3) is 1.37. The molecule has 1 N–H and O–H groups in total. The fourth-order valence-electron chi connectivity index (χ4n) is 1.90. The second-order valence-corrected chi connectivity index (χ2v) is 4.15. The smallest absolute Gasteiger partial charge is 0.192 e. The van der Waals surface area contributed by atoms with Crippen LogP contribution in [0.15, 0.2) is 16.9 Å². The molecule has 1 aromatic carbocycles. The van der Waals surface area contributed by atoms with E-state index in [4.69, 9.17) is 0 Å². The van der Waals surface area contributed by atoms with Crippen LogP contribution in [0.1, 0.15) is 22.4 Å². The average molecular weight is 201 g/mol. The van der Waals surface area contributed by atoms with Gasteiger partial charge in [-0.2, -0.15) is 0 Å². The largest absolute Gasteiger partial charge is 0.358 e. The molecule has 2 rings (SSSR count). The van der Waals surface area contributed by atoms with Crippen molar-refractivity contribution in [3.63, 3.8) is 0 Å². The van der Waals surface area contributed by atoms with Gasteiger partial charge in [0.05, 0.1) is 5.52 Å². The third-order valence-electron chi connectivity index (χ3n) is 3.06. The second kappa shape index (κ2) is 3.23. The number of aromatic amines is 1. The molecular formula is C13H15NO. The first kappa shape index (κ1) is 9.97. The van der Waals surface area contributed by atoms with Crippen molar-refractivity contribution in [3.8, 4) is 0 Å². The number of aryl methyl sites for hydroxylation is 3. The number of hydrogen-bond donors (Lipinski definition) is 1. The lowest BCUT2D eigenvalue weighted by molar-refractivity contribution is 1.16. The first-order chi connectivity index (χ1) is 7.02. The lowest BCUT2D eigenvalue weighted by Crippen LogP contribution is -2.11. The van der Waals surface area contributed by atoms with Gasteiger partial charge in [0.2, 0.25) is 0 Å². The Morgan fingerprint density at radius 2 is 1.60 bits per heavy atom. The molecule has 1 heterocycles. The minimum Gasteiger partial charge on any atom is -0.358 e. The fourth-order valence-corrected chi connectivity index (χ4v) is 1.90. The van der Waals surface area contributed by atoms with E-state index in [1.54, 1.807) is 0 Å². The van der Waals surface area contributed by atoms with E-state index in [-0.39, 0.29) is 5.43 Å². The van der Waals surface area contributed by atoms with E-state index in [0.29, 0.717) is 0 Å². The molecule has 1 aromatic heterocycles. The molecule has 0 unspecified atom stereocenters. The van der Waals surface area contributed by atoms with Crippen LogP contribution in [-0.4, -0.2) is 4.98 Å². The lowest BCUT2D eigenvalue weighted by atomic mass is 10.0. The van der Waals surface area contributed by atoms with Gasteiger partial charge >= 0.3 is 0 Å². The maximum atomic E-state index is 12.1. The van der Waals surface area contributed by atoms with E-state index in [1.165, 1.54) is 0 Å². The predicted octanol–water partition coefficient (Wildman–Crippen LogP) is 2.76. The van der Waals surface area contributed by atoms with Crippen molar-refractivity contribution in [2.24, 2.45) is 0 Å². The summed E-state index contributed by atoms with van der Waals surface area (Å²) in [4.78, 5) is 15.4. The highest BCUT2D eigenvalue weighted by atomic mass is 16.1. The first-order valence-corrected chi connectivity index (χ1v) is 5.11. The van der Waals surface area contributed by atoms with Gasteiger partial charge in [-0.1, -0.05) is 12.1 Å². The highest BCUT2D eigenvalue weighted by molar-refractivity contribution is 5.85. The fraction of sp³-hybridized carbons (Fsp3) is 0.308. The molecule has 0 fully saturated rings. The monoisotopic (exact) mass is 201 g/mol. The molecule has 0 aliphatic carbocycles. The normalized spacial score (nSPS) is 10.9. The minimum atomic E-state index is 0.155. The Morgan fingerprint density at radius 1 is 1.00 bits per heavy atom. The van der Waals surface area contributed by atoms with E-state index in [1.807, 2.05) is 39.8 Å². The van der Waals surface area contributed by atoms with Gasteiger partial charge in [-0.05, 0) is 38.8 Å². The lowest BCUT2D eigenvalue weighted by Gasteiger charge is -2.08. The second-order valence-electron chi connectivity index (χ2n) is 4.15. The van der Waals surface area contributed by atoms with Crippen molar-refractivity contribution >= 4 is 10.9 Å². The maximum absolute atomic E-state index is 12.1. The maximum Gasteiger partial charge on any atom is 0.192 e. The Labute approximate surface area is 89.0 Å². The van der Waals surface area contributed by atoms with Crippen LogP contribution in [0, 0.1) is 27.7 Å². The number of pyridine rings is 1. The Morgan fingerprint density at radius 3 is 2.27 bits per heavy atom. The van der Waals surface area contributed by atoms with Crippen LogP contribution in [0.2, 0.25) is 0 Å². The van der Waals surface area contributed by atoms with Gasteiger partial charge in [0, 0.05) is 16.6 Å². The van der Waals surface area contributed by atoms with Crippen LogP contribution in [0.5, 0.6) is 0 Å². The Hall–Kier alpha value is -1.57. The van der Waals surface area contributed by atoms with Gasteiger partial charge in [-0.15, -0.1) is 0 Å². The van der Waals surface area contributed by atoms with Gasteiger partial charge in [0.1, 0.15) is 0 Å². The number of rotatable bonds is 0. The summed E-state index contributed by atoms with van der Waals surface area (Å²) < 4.78 is 0. The highest BCUT2D eigenvalue weighted by Crippen LogP contribution is 2.18. The minimum absolute atomic E-state index is 0.155. The van der Waals surface area contributed by atoms with Crippen molar-refractivity contribution in [1.29, 1.82) is 0 Å². The number of fused-ring (bicyclic) bond motifs is 1. The summed E-state index contributed by atoms with van der Waals surface area (Å²) >= 11 is 0. The quantitative estimate of drug-likeness (QED) is 0.698. The van der Waals surface area contributed by atoms with Crippen LogP contribution in [0.4, 0.5) is 0 Å². The molecule has 0 saturated heterocycles. The van der Waals surface area contributed by atoms with E-state index in [0.717, 1.165) is 33.3 Å². The molecule has 0 spiro atoms. The number of nitrogens with one attached hydrogen (secondary N) is 1. The molecule has 0 atom stereocenters. The summed E-state index contributed by atoms with van der Waals surface area (Å²) in [6, 6.07) is 4.05. The van der Waals surface area contributed by atoms with Crippen LogP contribution in [-0.2, 0) is 0 Å². The van der Waals surface area contributed by atoms with Crippen LogP contribution in [0.3, 0.4) is 0 Å². The van der Waals surface area contributed by atoms with E-state index in [9.17, 15) is 4.79 Å². The molecular weight excluding hydrogens is 186 g/mol. The molecule has 0 aliphatic rings. The van der Waals surface area contributed by atoms with Crippen molar-refractivity contribution < 1.29 is 0 Å². The molecule has 0 saturated carbocycles. The highest BCUT2D eigenvalue weighted by Gasteiger charge is 2.08. The SMILES string of the molecule is Cc1[nH]c2c(C)ccc(C)c2c(=O)c1C. The topological polar surface area (TPSA) is 32.9 Å². The van der Waals surface area contributed by atoms with E-state index >= 15 is 0 Å². The van der Waals surface area contributed by atoms with Crippen molar-refractivity contribution in [1.82, 2.24) is 4.98 Å². The summed E-state index contributed by atoms with van der Waals surface area (Å²) in [5.74, 6) is 0. The molecule has 0 radical (unpaired) electrons. The van der Waals surface area contributed by atoms with Crippen LogP contribution in [0.25, 0.3) is 10.9 Å². The Kier molecular flexibility index (Phi) is 2.14. The molecule has 0 aliphatic heterocycles. The van der Waals surface area contributed by atoms with Crippen LogP contribution >= 0.6 is 0 Å². The molecule has 0 amide bonds. The Bertz CT molecular complexity index is 593. The number of aromatic nitrogens is 1. The third-order valence-corrected chi connectivity index (χ3v) is 3.06. The predicted molar refractivity (Wildman–Crippen MR) is 63.5 cm³/mol. The molecule has 0 bridgehead atoms. The summed E-state index contributed by atoms with van der Waals surface area (Å²) in [5, 5.41) is 0.832. The van der Waals surface area contributed by atoms with Crippen LogP contribution < -0.4 is 5.43 Å². The number of hydrogen-bond acceptors (Lipinski definition) is 1. The zero-order valence-electron chi connectivity index (χ0n) is 9.56. The summed E-state index contributed by atoms with van der Waals surface area (Å²) in [7, 11) is 0. The van der Waals surface area contributed by atoms with Gasteiger partial charge in [-0.25, -0.2) is 0 Å². The Balaban J connectivity index is 3.12. The number of benzene rings is 1. The van der Waals surface area contributed by atoms with Crippen molar-refractivity contribution in [2.75, 3.05) is 0 Å². The zero-order valence-corrected chi connectivity index (χ0v) is 9.56. The van der Waals surface area contributed by atoms with E-state index in [2.05, 4.69) is 4.98 Å². The molecule has 78 valence electrons. The summed E-state index contributed by atoms with van der Waals surface area (Å²) in [6.45, 7) is 7.81. The number of H-pyrrole nitrogens is 1. The first-order valence-electron chi connectivity index (χ1n) is 5.11. The molecule has 2 aromatic rings. The molecule has 2 nitrogen and oxygen atoms in total. The summed E-state index contributed by atoms with van der Waals surface area (Å²) in [6.07, 6.45) is 0.